The van der Waals surface area contributed by atoms with Gasteiger partial charge in [0.1, 0.15) is 0 Å². The largest absolute Gasteiger partial charge is 0.351 e. The quantitative estimate of drug-likeness (QED) is 0.713. The molecule has 0 aliphatic carbocycles. The number of carbonyl (C=O) groups excluding carboxylic acids is 1. The maximum absolute atomic E-state index is 11.3. The predicted octanol–water partition coefficient (Wildman–Crippen LogP) is 2.28. The van der Waals surface area contributed by atoms with Crippen molar-refractivity contribution in [3.8, 4) is 0 Å². The summed E-state index contributed by atoms with van der Waals surface area (Å²) in [6.07, 6.45) is 2.17. The highest BCUT2D eigenvalue weighted by atomic mass is 32.1. The van der Waals surface area contributed by atoms with Crippen LogP contribution in [0.4, 0.5) is 0 Å². The van der Waals surface area contributed by atoms with Crippen molar-refractivity contribution in [1.29, 1.82) is 0 Å². The summed E-state index contributed by atoms with van der Waals surface area (Å²) in [5.74, 6) is 0.0541. The van der Waals surface area contributed by atoms with Crippen molar-refractivity contribution in [2.45, 2.75) is 19.8 Å². The zero-order valence-electron chi connectivity index (χ0n) is 7.17. The Kier molecular flexibility index (Phi) is 3.80. The Morgan fingerprint density at radius 1 is 1.67 bits per heavy atom. The normalized spacial score (nSPS) is 9.75. The van der Waals surface area contributed by atoms with E-state index < -0.39 is 0 Å². The van der Waals surface area contributed by atoms with Crippen molar-refractivity contribution in [3.63, 3.8) is 0 Å². The van der Waals surface area contributed by atoms with Crippen molar-refractivity contribution in [3.05, 3.63) is 22.4 Å². The van der Waals surface area contributed by atoms with Gasteiger partial charge in [-0.3, -0.25) is 4.79 Å². The van der Waals surface area contributed by atoms with Gasteiger partial charge < -0.3 is 5.32 Å². The topological polar surface area (TPSA) is 29.1 Å². The fourth-order valence-corrected chi connectivity index (χ4v) is 1.51. The molecule has 0 unspecified atom stereocenters. The van der Waals surface area contributed by atoms with E-state index in [0.29, 0.717) is 0 Å². The molecule has 0 saturated carbocycles. The average Bonchev–Trinajstić information content (AvgIpc) is 2.56. The molecule has 1 heterocycles. The lowest BCUT2D eigenvalue weighted by atomic mass is 10.3. The van der Waals surface area contributed by atoms with Crippen LogP contribution in [0.1, 0.15) is 29.4 Å². The van der Waals surface area contributed by atoms with Crippen LogP contribution in [-0.4, -0.2) is 12.5 Å². The third-order valence-electron chi connectivity index (χ3n) is 1.56. The minimum absolute atomic E-state index is 0.0541. The van der Waals surface area contributed by atoms with Gasteiger partial charge in [0.25, 0.3) is 5.91 Å². The van der Waals surface area contributed by atoms with Crippen LogP contribution in [0.5, 0.6) is 0 Å². The molecule has 1 amide bonds. The Labute approximate surface area is 76.6 Å². The molecule has 66 valence electrons. The lowest BCUT2D eigenvalue weighted by molar-refractivity contribution is 0.0957. The number of amides is 1. The summed E-state index contributed by atoms with van der Waals surface area (Å²) in [6.45, 7) is 2.89. The summed E-state index contributed by atoms with van der Waals surface area (Å²) in [5, 5.41) is 4.77. The van der Waals surface area contributed by atoms with Crippen LogP contribution in [0.2, 0.25) is 0 Å². The van der Waals surface area contributed by atoms with Crippen molar-refractivity contribution in [2.24, 2.45) is 0 Å². The van der Waals surface area contributed by atoms with Crippen LogP contribution in [0.3, 0.4) is 0 Å². The van der Waals surface area contributed by atoms with Crippen LogP contribution in [0, 0.1) is 0 Å². The Morgan fingerprint density at radius 2 is 2.50 bits per heavy atom. The molecule has 0 aromatic carbocycles. The second kappa shape index (κ2) is 4.93. The van der Waals surface area contributed by atoms with Crippen LogP contribution in [-0.2, 0) is 0 Å². The van der Waals surface area contributed by atoms with E-state index >= 15 is 0 Å². The summed E-state index contributed by atoms with van der Waals surface area (Å²) in [7, 11) is 0. The zero-order valence-corrected chi connectivity index (χ0v) is 7.99. The van der Waals surface area contributed by atoms with Gasteiger partial charge in [0.15, 0.2) is 0 Å². The Hall–Kier alpha value is -0.830. The summed E-state index contributed by atoms with van der Waals surface area (Å²) in [6, 6.07) is 3.73. The van der Waals surface area contributed by atoms with Crippen molar-refractivity contribution in [2.75, 3.05) is 6.54 Å². The minimum atomic E-state index is 0.0541. The van der Waals surface area contributed by atoms with Gasteiger partial charge in [-0.15, -0.1) is 11.3 Å². The van der Waals surface area contributed by atoms with Gasteiger partial charge in [0.2, 0.25) is 0 Å². The van der Waals surface area contributed by atoms with Crippen LogP contribution >= 0.6 is 11.3 Å². The van der Waals surface area contributed by atoms with E-state index in [2.05, 4.69) is 12.2 Å². The molecular weight excluding hydrogens is 170 g/mol. The zero-order chi connectivity index (χ0) is 8.81. The molecule has 0 radical (unpaired) electrons. The van der Waals surface area contributed by atoms with E-state index in [-0.39, 0.29) is 5.91 Å². The number of hydrogen-bond donors (Lipinski definition) is 1. The maximum Gasteiger partial charge on any atom is 0.261 e. The fourth-order valence-electron chi connectivity index (χ4n) is 0.874. The molecule has 0 spiro atoms. The molecule has 12 heavy (non-hydrogen) atoms. The van der Waals surface area contributed by atoms with E-state index in [0.717, 1.165) is 24.3 Å². The summed E-state index contributed by atoms with van der Waals surface area (Å²) < 4.78 is 0. The third kappa shape index (κ3) is 2.66. The van der Waals surface area contributed by atoms with Gasteiger partial charge in [-0.25, -0.2) is 0 Å². The molecule has 0 aliphatic rings. The summed E-state index contributed by atoms with van der Waals surface area (Å²) >= 11 is 1.48. The third-order valence-corrected chi connectivity index (χ3v) is 2.43. The predicted molar refractivity (Wildman–Crippen MR) is 51.6 cm³/mol. The molecule has 3 heteroatoms. The molecule has 0 fully saturated rings. The summed E-state index contributed by atoms with van der Waals surface area (Å²) in [5.41, 5.74) is 0. The maximum atomic E-state index is 11.3. The van der Waals surface area contributed by atoms with E-state index in [1.54, 1.807) is 0 Å². The van der Waals surface area contributed by atoms with Gasteiger partial charge >= 0.3 is 0 Å². The molecule has 1 rings (SSSR count). The van der Waals surface area contributed by atoms with E-state index in [1.807, 2.05) is 17.5 Å². The lowest BCUT2D eigenvalue weighted by Gasteiger charge is -2.00. The van der Waals surface area contributed by atoms with Gasteiger partial charge in [-0.2, -0.15) is 0 Å². The summed E-state index contributed by atoms with van der Waals surface area (Å²) in [4.78, 5) is 12.1. The monoisotopic (exact) mass is 183 g/mol. The Balaban J connectivity index is 2.30. The second-order valence-corrected chi connectivity index (χ2v) is 3.53. The average molecular weight is 183 g/mol. The highest BCUT2D eigenvalue weighted by Gasteiger charge is 2.03. The Bertz CT molecular complexity index is 231. The molecule has 1 aromatic heterocycles. The first kappa shape index (κ1) is 9.26. The lowest BCUT2D eigenvalue weighted by Crippen LogP contribution is -2.23. The van der Waals surface area contributed by atoms with Gasteiger partial charge in [-0.05, 0) is 17.9 Å². The molecule has 0 atom stereocenters. The molecular formula is C9H13NOS. The minimum Gasteiger partial charge on any atom is -0.351 e. The van der Waals surface area contributed by atoms with Crippen molar-refractivity contribution >= 4 is 17.2 Å². The molecule has 1 N–H and O–H groups in total. The highest BCUT2D eigenvalue weighted by molar-refractivity contribution is 7.12. The molecule has 2 nitrogen and oxygen atoms in total. The SMILES string of the molecule is CCCCNC(=O)c1cccs1. The van der Waals surface area contributed by atoms with Gasteiger partial charge in [-0.1, -0.05) is 19.4 Å². The van der Waals surface area contributed by atoms with Crippen LogP contribution in [0.25, 0.3) is 0 Å². The standard InChI is InChI=1S/C9H13NOS/c1-2-3-6-10-9(11)8-5-4-7-12-8/h4-5,7H,2-3,6H2,1H3,(H,10,11). The first-order valence-electron chi connectivity index (χ1n) is 4.16. The molecule has 0 bridgehead atoms. The molecule has 0 saturated heterocycles. The first-order chi connectivity index (χ1) is 5.84. The van der Waals surface area contributed by atoms with E-state index in [4.69, 9.17) is 0 Å². The molecule has 1 aromatic rings. The van der Waals surface area contributed by atoms with Crippen molar-refractivity contribution < 1.29 is 4.79 Å². The number of carbonyl (C=O) groups is 1. The Morgan fingerprint density at radius 3 is 3.08 bits per heavy atom. The second-order valence-electron chi connectivity index (χ2n) is 2.59. The van der Waals surface area contributed by atoms with Gasteiger partial charge in [0, 0.05) is 6.54 Å². The number of nitrogens with one attached hydrogen (secondary N) is 1. The van der Waals surface area contributed by atoms with E-state index in [1.165, 1.54) is 11.3 Å². The molecule has 0 aliphatic heterocycles. The number of unbranched alkanes of at least 4 members (excludes halogenated alkanes) is 1. The van der Waals surface area contributed by atoms with E-state index in [9.17, 15) is 4.79 Å². The number of rotatable bonds is 4. The smallest absolute Gasteiger partial charge is 0.261 e. The van der Waals surface area contributed by atoms with Crippen molar-refractivity contribution in [1.82, 2.24) is 5.32 Å². The highest BCUT2D eigenvalue weighted by Crippen LogP contribution is 2.07. The first-order valence-corrected chi connectivity index (χ1v) is 5.04. The van der Waals surface area contributed by atoms with Crippen LogP contribution < -0.4 is 5.32 Å². The number of thiophene rings is 1. The fraction of sp³-hybridized carbons (Fsp3) is 0.444. The van der Waals surface area contributed by atoms with Gasteiger partial charge in [0.05, 0.1) is 4.88 Å². The number of hydrogen-bond acceptors (Lipinski definition) is 2. The van der Waals surface area contributed by atoms with Crippen LogP contribution in [0.15, 0.2) is 17.5 Å².